The maximum Gasteiger partial charge on any atom is 0.446 e. The second kappa shape index (κ2) is 11.4. The smallest absolute Gasteiger partial charge is 0.446 e. The highest BCUT2D eigenvalue weighted by Gasteiger charge is 2.29. The molecule has 10 heteroatoms. The molecule has 0 saturated heterocycles. The van der Waals surface area contributed by atoms with Gasteiger partial charge in [0.2, 0.25) is 0 Å². The number of benzene rings is 3. The number of nitrogens with zero attached hydrogens (tertiary/aromatic N) is 1. The number of halogens is 4. The van der Waals surface area contributed by atoms with Crippen molar-refractivity contribution in [1.29, 1.82) is 0 Å². The van der Waals surface area contributed by atoms with E-state index in [1.54, 1.807) is 43.3 Å². The average Bonchev–Trinajstić information content (AvgIpc) is 3.34. The summed E-state index contributed by atoms with van der Waals surface area (Å²) in [5, 5.41) is 19.1. The van der Waals surface area contributed by atoms with Crippen molar-refractivity contribution in [1.82, 2.24) is 4.57 Å². The number of hydrogen-bond acceptors (Lipinski definition) is 3. The Morgan fingerprint density at radius 1 is 0.861 bits per heavy atom. The van der Waals surface area contributed by atoms with E-state index in [-0.39, 0.29) is 33.3 Å². The van der Waals surface area contributed by atoms with Gasteiger partial charge in [-0.25, -0.2) is 9.59 Å². The molecule has 5 nitrogen and oxygen atoms in total. The lowest BCUT2D eigenvalue weighted by atomic mass is 9.92. The van der Waals surface area contributed by atoms with Crippen molar-refractivity contribution in [2.24, 2.45) is 0 Å². The summed E-state index contributed by atoms with van der Waals surface area (Å²) in [7, 11) is 0. The Morgan fingerprint density at radius 3 is 1.81 bits per heavy atom. The molecule has 0 amide bonds. The van der Waals surface area contributed by atoms with Gasteiger partial charge < -0.3 is 14.8 Å². The summed E-state index contributed by atoms with van der Waals surface area (Å²) in [6.45, 7) is 1.66. The van der Waals surface area contributed by atoms with Crippen LogP contribution in [0.5, 0.6) is 0 Å². The molecular weight excluding hydrogens is 515 g/mol. The maximum absolute atomic E-state index is 12.1. The fourth-order valence-corrected chi connectivity index (χ4v) is 4.04. The minimum Gasteiger partial charge on any atom is -0.478 e. The quantitative estimate of drug-likeness (QED) is 0.256. The summed E-state index contributed by atoms with van der Waals surface area (Å²) < 4.78 is 38.1. The summed E-state index contributed by atoms with van der Waals surface area (Å²) in [5.41, 5.74) is -2.19. The van der Waals surface area contributed by atoms with Crippen LogP contribution in [-0.2, 0) is 0 Å². The second-order valence-electron chi connectivity index (χ2n) is 7.48. The van der Waals surface area contributed by atoms with Crippen LogP contribution in [0.15, 0.2) is 90.1 Å². The monoisotopic (exact) mass is 533 g/mol. The average molecular weight is 534 g/mol. The lowest BCUT2D eigenvalue weighted by molar-refractivity contribution is -0.0328. The molecule has 0 saturated carbocycles. The van der Waals surface area contributed by atoms with Crippen molar-refractivity contribution in [2.75, 3.05) is 0 Å². The zero-order chi connectivity index (χ0) is 26.5. The molecule has 0 unspecified atom stereocenters. The zero-order valence-corrected chi connectivity index (χ0v) is 20.2. The molecule has 0 bridgehead atoms. The molecule has 1 heterocycles. The van der Waals surface area contributed by atoms with Gasteiger partial charge in [0.25, 0.3) is 0 Å². The zero-order valence-electron chi connectivity index (χ0n) is 18.7. The lowest BCUT2D eigenvalue weighted by Crippen LogP contribution is -2.08. The van der Waals surface area contributed by atoms with Crippen LogP contribution in [-0.4, -0.2) is 32.2 Å². The Balaban J connectivity index is 0.000000205. The van der Waals surface area contributed by atoms with E-state index in [9.17, 15) is 33.0 Å². The van der Waals surface area contributed by atoms with Gasteiger partial charge in [-0.2, -0.15) is 13.2 Å². The minimum atomic E-state index is -4.23. The highest BCUT2D eigenvalue weighted by Crippen LogP contribution is 2.37. The number of hydrogen-bond donors (Lipinski definition) is 2. The molecule has 186 valence electrons. The number of aryl methyl sites for hydroxylation is 1. The van der Waals surface area contributed by atoms with Crippen molar-refractivity contribution < 1.29 is 33.0 Å². The van der Waals surface area contributed by atoms with Gasteiger partial charge in [-0.3, -0.25) is 0 Å². The Kier molecular flexibility index (Phi) is 8.49. The van der Waals surface area contributed by atoms with Crippen molar-refractivity contribution in [2.45, 2.75) is 17.3 Å². The number of aromatic nitrogens is 1. The van der Waals surface area contributed by atoms with Gasteiger partial charge in [0.1, 0.15) is 0 Å². The highest BCUT2D eigenvalue weighted by atomic mass is 35.5. The largest absolute Gasteiger partial charge is 0.478 e. The first-order valence-electron chi connectivity index (χ1n) is 10.3. The van der Waals surface area contributed by atoms with E-state index >= 15 is 0 Å². The van der Waals surface area contributed by atoms with Gasteiger partial charge in [0, 0.05) is 33.6 Å². The number of aromatic carboxylic acids is 2. The van der Waals surface area contributed by atoms with Crippen LogP contribution in [0.25, 0.3) is 16.8 Å². The summed E-state index contributed by atoms with van der Waals surface area (Å²) in [6.07, 6.45) is 3.68. The number of rotatable bonds is 5. The van der Waals surface area contributed by atoms with Crippen molar-refractivity contribution in [3.8, 4) is 16.8 Å². The van der Waals surface area contributed by atoms with E-state index in [0.717, 1.165) is 5.69 Å². The first-order chi connectivity index (χ1) is 16.9. The number of carboxylic acid groups (broad SMARTS) is 2. The molecule has 0 aliphatic rings. The van der Waals surface area contributed by atoms with Gasteiger partial charge >= 0.3 is 17.4 Å². The van der Waals surface area contributed by atoms with Gasteiger partial charge in [0.05, 0.1) is 11.1 Å². The molecule has 4 aromatic rings. The summed E-state index contributed by atoms with van der Waals surface area (Å²) >= 11 is 5.69. The molecule has 0 radical (unpaired) electrons. The topological polar surface area (TPSA) is 79.5 Å². The molecule has 0 atom stereocenters. The van der Waals surface area contributed by atoms with Crippen LogP contribution in [0.3, 0.4) is 0 Å². The maximum atomic E-state index is 12.1. The molecule has 0 fully saturated rings. The summed E-state index contributed by atoms with van der Waals surface area (Å²) in [5.74, 6) is -2.33. The normalized spacial score (nSPS) is 10.9. The van der Waals surface area contributed by atoms with Crippen molar-refractivity contribution in [3.63, 3.8) is 0 Å². The number of thioether (sulfide) groups is 1. The van der Waals surface area contributed by atoms with Crippen LogP contribution in [0.2, 0.25) is 5.02 Å². The number of alkyl halides is 3. The molecule has 36 heavy (non-hydrogen) atoms. The Morgan fingerprint density at radius 2 is 1.36 bits per heavy atom. The SMILES string of the molecule is Cc1cc(C(=O)O)c(-c2ccc(Cl)cc2)c(C(=O)O)c1.FC(F)(F)Sc1ccc(-n2cccc2)cc1. The fraction of sp³-hybridized carbons (Fsp3) is 0.0769. The van der Waals surface area contributed by atoms with E-state index in [0.29, 0.717) is 16.1 Å². The van der Waals surface area contributed by atoms with Crippen LogP contribution in [0.1, 0.15) is 26.3 Å². The fourth-order valence-electron chi connectivity index (χ4n) is 3.38. The van der Waals surface area contributed by atoms with E-state index in [2.05, 4.69) is 0 Å². The van der Waals surface area contributed by atoms with Gasteiger partial charge in [-0.05, 0) is 90.5 Å². The van der Waals surface area contributed by atoms with Crippen LogP contribution >= 0.6 is 23.4 Å². The van der Waals surface area contributed by atoms with E-state index in [1.807, 2.05) is 29.1 Å². The third-order valence-corrected chi connectivity index (χ3v) is 5.84. The molecule has 1 aromatic heterocycles. The van der Waals surface area contributed by atoms with Crippen LogP contribution in [0.4, 0.5) is 13.2 Å². The van der Waals surface area contributed by atoms with Crippen molar-refractivity contribution >= 4 is 35.3 Å². The van der Waals surface area contributed by atoms with Gasteiger partial charge in [0.15, 0.2) is 0 Å². The van der Waals surface area contributed by atoms with Gasteiger partial charge in [-0.15, -0.1) is 0 Å². The Hall–Kier alpha value is -3.69. The third kappa shape index (κ3) is 7.16. The molecule has 0 aliphatic carbocycles. The first-order valence-corrected chi connectivity index (χ1v) is 11.5. The standard InChI is InChI=1S/C15H11ClO4.C11H8F3NS/c1-8-6-11(14(17)18)13(12(7-8)15(19)20)9-2-4-10(16)5-3-9;12-11(13,14)16-10-5-3-9(4-6-10)15-7-1-2-8-15/h2-7H,1H3,(H,17,18)(H,19,20);1-8H. The summed E-state index contributed by atoms with van der Waals surface area (Å²) in [6, 6.07) is 19.3. The minimum absolute atomic E-state index is 0.0373. The van der Waals surface area contributed by atoms with E-state index in [1.165, 1.54) is 24.3 Å². The molecule has 0 spiro atoms. The molecule has 0 aliphatic heterocycles. The number of carbonyl (C=O) groups is 2. The van der Waals surface area contributed by atoms with E-state index in [4.69, 9.17) is 11.6 Å². The second-order valence-corrected chi connectivity index (χ2v) is 9.06. The predicted octanol–water partition coefficient (Wildman–Crippen LogP) is 7.80. The number of carboxylic acids is 2. The lowest BCUT2D eigenvalue weighted by Gasteiger charge is -2.12. The summed E-state index contributed by atoms with van der Waals surface area (Å²) in [4.78, 5) is 22.9. The predicted molar refractivity (Wildman–Crippen MR) is 133 cm³/mol. The van der Waals surface area contributed by atoms with Crippen molar-refractivity contribution in [3.05, 3.63) is 107 Å². The van der Waals surface area contributed by atoms with Gasteiger partial charge in [-0.1, -0.05) is 23.7 Å². The first kappa shape index (κ1) is 26.9. The highest BCUT2D eigenvalue weighted by molar-refractivity contribution is 8.00. The molecular formula is C26H19ClF3NO4S. The Labute approximate surface area is 213 Å². The molecule has 4 rings (SSSR count). The molecule has 3 aromatic carbocycles. The molecule has 2 N–H and O–H groups in total. The third-order valence-electron chi connectivity index (χ3n) is 4.85. The van der Waals surface area contributed by atoms with E-state index < -0.39 is 17.4 Å². The Bertz CT molecular complexity index is 1320. The van der Waals surface area contributed by atoms with Crippen LogP contribution in [0, 0.1) is 6.92 Å². The van der Waals surface area contributed by atoms with Crippen LogP contribution < -0.4 is 0 Å².